The highest BCUT2D eigenvalue weighted by molar-refractivity contribution is 4.84. The van der Waals surface area contributed by atoms with E-state index in [0.717, 1.165) is 25.0 Å². The molecule has 2 aliphatic rings. The lowest BCUT2D eigenvalue weighted by Crippen LogP contribution is -2.43. The van der Waals surface area contributed by atoms with Crippen LogP contribution in [0.2, 0.25) is 0 Å². The van der Waals surface area contributed by atoms with E-state index >= 15 is 0 Å². The van der Waals surface area contributed by atoms with Crippen molar-refractivity contribution in [1.82, 2.24) is 4.90 Å². The van der Waals surface area contributed by atoms with Crippen molar-refractivity contribution in [3.63, 3.8) is 0 Å². The van der Waals surface area contributed by atoms with Gasteiger partial charge in [0.25, 0.3) is 0 Å². The van der Waals surface area contributed by atoms with E-state index in [1.54, 1.807) is 0 Å². The largest absolute Gasteiger partial charge is 0.381 e. The Hall–Kier alpha value is -0.120. The standard InChI is InChI=1S/C17H34N2O/c1-3-5-14-7-8-17(18)16(10-14)12-19(2)11-15-6-4-9-20-13-15/h14-17H,3-13,18H2,1-2H3. The summed E-state index contributed by atoms with van der Waals surface area (Å²) in [6.07, 6.45) is 9.22. The van der Waals surface area contributed by atoms with Gasteiger partial charge in [0, 0.05) is 25.7 Å². The fraction of sp³-hybridized carbons (Fsp3) is 1.00. The maximum atomic E-state index is 6.37. The van der Waals surface area contributed by atoms with Gasteiger partial charge in [-0.3, -0.25) is 0 Å². The average molecular weight is 282 g/mol. The Kier molecular flexibility index (Phi) is 6.79. The van der Waals surface area contributed by atoms with E-state index in [9.17, 15) is 0 Å². The molecule has 4 unspecified atom stereocenters. The van der Waals surface area contributed by atoms with Gasteiger partial charge >= 0.3 is 0 Å². The summed E-state index contributed by atoms with van der Waals surface area (Å²) in [5, 5.41) is 0. The molecule has 0 aromatic carbocycles. The average Bonchev–Trinajstić information content (AvgIpc) is 2.44. The molecule has 1 aliphatic carbocycles. The van der Waals surface area contributed by atoms with Gasteiger partial charge in [-0.2, -0.15) is 0 Å². The van der Waals surface area contributed by atoms with Crippen LogP contribution in [0.5, 0.6) is 0 Å². The first-order valence-electron chi connectivity index (χ1n) is 8.71. The smallest absolute Gasteiger partial charge is 0.0506 e. The van der Waals surface area contributed by atoms with Crippen LogP contribution in [0.1, 0.15) is 51.9 Å². The fourth-order valence-electron chi connectivity index (χ4n) is 4.13. The molecule has 20 heavy (non-hydrogen) atoms. The quantitative estimate of drug-likeness (QED) is 0.814. The van der Waals surface area contributed by atoms with Gasteiger partial charge in [0.1, 0.15) is 0 Å². The summed E-state index contributed by atoms with van der Waals surface area (Å²) in [4.78, 5) is 2.51. The summed E-state index contributed by atoms with van der Waals surface area (Å²) in [5.41, 5.74) is 6.37. The lowest BCUT2D eigenvalue weighted by atomic mass is 9.76. The van der Waals surface area contributed by atoms with Gasteiger partial charge in [-0.15, -0.1) is 0 Å². The molecule has 2 fully saturated rings. The van der Waals surface area contributed by atoms with Crippen LogP contribution < -0.4 is 5.73 Å². The number of nitrogens with two attached hydrogens (primary N) is 1. The summed E-state index contributed by atoms with van der Waals surface area (Å²) < 4.78 is 5.59. The van der Waals surface area contributed by atoms with Crippen molar-refractivity contribution in [3.8, 4) is 0 Å². The Morgan fingerprint density at radius 1 is 1.15 bits per heavy atom. The monoisotopic (exact) mass is 282 g/mol. The Balaban J connectivity index is 1.74. The first-order chi connectivity index (χ1) is 9.69. The van der Waals surface area contributed by atoms with Gasteiger partial charge in [0.2, 0.25) is 0 Å². The van der Waals surface area contributed by atoms with Crippen LogP contribution in [0, 0.1) is 17.8 Å². The predicted molar refractivity (Wildman–Crippen MR) is 84.8 cm³/mol. The lowest BCUT2D eigenvalue weighted by molar-refractivity contribution is 0.0377. The second-order valence-corrected chi connectivity index (χ2v) is 7.20. The zero-order valence-electron chi connectivity index (χ0n) is 13.5. The highest BCUT2D eigenvalue weighted by atomic mass is 16.5. The summed E-state index contributed by atoms with van der Waals surface area (Å²) in [6.45, 7) is 6.59. The van der Waals surface area contributed by atoms with E-state index in [-0.39, 0.29) is 0 Å². The molecule has 1 heterocycles. The van der Waals surface area contributed by atoms with Crippen molar-refractivity contribution in [2.24, 2.45) is 23.5 Å². The maximum absolute atomic E-state index is 6.37. The molecule has 1 saturated carbocycles. The van der Waals surface area contributed by atoms with E-state index < -0.39 is 0 Å². The number of hydrogen-bond acceptors (Lipinski definition) is 3. The molecule has 3 heteroatoms. The van der Waals surface area contributed by atoms with E-state index in [2.05, 4.69) is 18.9 Å². The molecular weight excluding hydrogens is 248 g/mol. The van der Waals surface area contributed by atoms with Gasteiger partial charge in [-0.05, 0) is 56.9 Å². The third kappa shape index (κ3) is 5.01. The molecule has 0 aromatic rings. The summed E-state index contributed by atoms with van der Waals surface area (Å²) in [7, 11) is 2.27. The van der Waals surface area contributed by atoms with Crippen molar-refractivity contribution < 1.29 is 4.74 Å². The third-order valence-corrected chi connectivity index (χ3v) is 5.22. The summed E-state index contributed by atoms with van der Waals surface area (Å²) in [5.74, 6) is 2.37. The maximum Gasteiger partial charge on any atom is 0.0506 e. The zero-order chi connectivity index (χ0) is 14.4. The highest BCUT2D eigenvalue weighted by Gasteiger charge is 2.29. The molecule has 2 rings (SSSR count). The minimum Gasteiger partial charge on any atom is -0.381 e. The second kappa shape index (κ2) is 8.35. The number of ether oxygens (including phenoxy) is 1. The van der Waals surface area contributed by atoms with Crippen LogP contribution in [0.4, 0.5) is 0 Å². The highest BCUT2D eigenvalue weighted by Crippen LogP contribution is 2.31. The molecule has 0 bridgehead atoms. The molecule has 1 aliphatic heterocycles. The van der Waals surface area contributed by atoms with E-state index in [0.29, 0.717) is 12.0 Å². The number of hydrogen-bond donors (Lipinski definition) is 1. The predicted octanol–water partition coefficient (Wildman–Crippen LogP) is 2.89. The minimum absolute atomic E-state index is 0.424. The van der Waals surface area contributed by atoms with Gasteiger partial charge < -0.3 is 15.4 Å². The first-order valence-corrected chi connectivity index (χ1v) is 8.71. The van der Waals surface area contributed by atoms with Gasteiger partial charge in [0.05, 0.1) is 6.61 Å². The van der Waals surface area contributed by atoms with Gasteiger partial charge in [-0.1, -0.05) is 19.8 Å². The van der Waals surface area contributed by atoms with Gasteiger partial charge in [-0.25, -0.2) is 0 Å². The second-order valence-electron chi connectivity index (χ2n) is 7.20. The first kappa shape index (κ1) is 16.3. The molecular formula is C17H34N2O. The van der Waals surface area contributed by atoms with Crippen molar-refractivity contribution in [2.45, 2.75) is 57.9 Å². The Labute approximate surface area is 125 Å². The van der Waals surface area contributed by atoms with Crippen molar-refractivity contribution in [2.75, 3.05) is 33.4 Å². The van der Waals surface area contributed by atoms with E-state index in [1.807, 2.05) is 0 Å². The Morgan fingerprint density at radius 2 is 2.00 bits per heavy atom. The lowest BCUT2D eigenvalue weighted by Gasteiger charge is -2.37. The van der Waals surface area contributed by atoms with Crippen LogP contribution >= 0.6 is 0 Å². The molecule has 3 nitrogen and oxygen atoms in total. The molecule has 0 amide bonds. The topological polar surface area (TPSA) is 38.5 Å². The fourth-order valence-corrected chi connectivity index (χ4v) is 4.13. The van der Waals surface area contributed by atoms with Crippen LogP contribution in [0.15, 0.2) is 0 Å². The molecule has 4 atom stereocenters. The third-order valence-electron chi connectivity index (χ3n) is 5.22. The van der Waals surface area contributed by atoms with Crippen LogP contribution in [-0.2, 0) is 4.74 Å². The molecule has 2 N–H and O–H groups in total. The van der Waals surface area contributed by atoms with Crippen molar-refractivity contribution >= 4 is 0 Å². The molecule has 1 saturated heterocycles. The van der Waals surface area contributed by atoms with Crippen LogP contribution in [0.3, 0.4) is 0 Å². The Morgan fingerprint density at radius 3 is 2.70 bits per heavy atom. The molecule has 0 aromatic heterocycles. The molecule has 0 radical (unpaired) electrons. The summed E-state index contributed by atoms with van der Waals surface area (Å²) >= 11 is 0. The minimum atomic E-state index is 0.424. The summed E-state index contributed by atoms with van der Waals surface area (Å²) in [6, 6.07) is 0.424. The van der Waals surface area contributed by atoms with Crippen molar-refractivity contribution in [3.05, 3.63) is 0 Å². The molecule has 118 valence electrons. The Bertz CT molecular complexity index is 266. The number of rotatable bonds is 6. The van der Waals surface area contributed by atoms with E-state index in [1.165, 1.54) is 58.0 Å². The van der Waals surface area contributed by atoms with Gasteiger partial charge in [0.15, 0.2) is 0 Å². The molecule has 0 spiro atoms. The van der Waals surface area contributed by atoms with Crippen molar-refractivity contribution in [1.29, 1.82) is 0 Å². The van der Waals surface area contributed by atoms with E-state index in [4.69, 9.17) is 10.5 Å². The SMILES string of the molecule is CCCC1CCC(N)C(CN(C)CC2CCCOC2)C1. The normalized spacial score (nSPS) is 35.4. The number of nitrogens with zero attached hydrogens (tertiary/aromatic N) is 1. The van der Waals surface area contributed by atoms with Crippen LogP contribution in [0.25, 0.3) is 0 Å². The zero-order valence-corrected chi connectivity index (χ0v) is 13.5. The van der Waals surface area contributed by atoms with Crippen LogP contribution in [-0.4, -0.2) is 44.3 Å².